The Morgan fingerprint density at radius 3 is 2.10 bits per heavy atom. The lowest BCUT2D eigenvalue weighted by Crippen LogP contribution is -2.37. The molecule has 1 aromatic carbocycles. The van der Waals surface area contributed by atoms with Gasteiger partial charge in [-0.05, 0) is 25.0 Å². The number of benzene rings is 1. The van der Waals surface area contributed by atoms with Crippen LogP contribution in [0.4, 0.5) is 12.9 Å². The summed E-state index contributed by atoms with van der Waals surface area (Å²) in [6, 6.07) is 1.17. The summed E-state index contributed by atoms with van der Waals surface area (Å²) in [6.45, 7) is 4.51. The van der Waals surface area contributed by atoms with E-state index in [9.17, 15) is 12.9 Å². The Bertz CT molecular complexity index is 577. The first-order valence-corrected chi connectivity index (χ1v) is 10.0. The Morgan fingerprint density at radius 1 is 1.15 bits per heavy atom. The second kappa shape index (κ2) is 5.66. The molecule has 1 rings (SSSR count). The molecule has 0 aliphatic carbocycles. The molecular formula is C14H20BF3NSi-. The number of hydrogen-bond acceptors (Lipinski definition) is 1. The van der Waals surface area contributed by atoms with E-state index in [4.69, 9.17) is 5.73 Å². The van der Waals surface area contributed by atoms with Gasteiger partial charge >= 0.3 is 6.98 Å². The molecule has 0 heterocycles. The summed E-state index contributed by atoms with van der Waals surface area (Å²) < 4.78 is 39.4. The van der Waals surface area contributed by atoms with Gasteiger partial charge in [-0.25, -0.2) is 0 Å². The van der Waals surface area contributed by atoms with Gasteiger partial charge in [-0.2, -0.15) is 0 Å². The van der Waals surface area contributed by atoms with Gasteiger partial charge in [0, 0.05) is 12.1 Å². The average Bonchev–Trinajstić information content (AvgIpc) is 2.25. The Hall–Kier alpha value is -1.19. The molecule has 2 N–H and O–H groups in total. The second-order valence-electron chi connectivity index (χ2n) is 6.03. The predicted octanol–water partition coefficient (Wildman–Crippen LogP) is 3.05. The van der Waals surface area contributed by atoms with E-state index in [2.05, 4.69) is 31.1 Å². The zero-order valence-electron chi connectivity index (χ0n) is 12.6. The molecule has 0 aliphatic rings. The Labute approximate surface area is 119 Å². The second-order valence-corrected chi connectivity index (χ2v) is 10.8. The maximum absolute atomic E-state index is 13.1. The lowest BCUT2D eigenvalue weighted by atomic mass is 9.74. The lowest BCUT2D eigenvalue weighted by molar-refractivity contribution is 0.500. The van der Waals surface area contributed by atoms with Gasteiger partial charge in [-0.1, -0.05) is 37.2 Å². The van der Waals surface area contributed by atoms with Crippen molar-refractivity contribution in [1.29, 1.82) is 0 Å². The molecule has 0 amide bonds. The molecule has 1 nitrogen and oxygen atoms in total. The van der Waals surface area contributed by atoms with Crippen LogP contribution in [-0.2, 0) is 6.54 Å². The Balaban J connectivity index is 3.61. The van der Waals surface area contributed by atoms with E-state index in [1.54, 1.807) is 6.92 Å². The smallest absolute Gasteiger partial charge is 0.445 e. The fourth-order valence-electron chi connectivity index (χ4n) is 1.98. The highest BCUT2D eigenvalue weighted by Gasteiger charge is 2.29. The standard InChI is InChI=1S/C14H20BF3NSi/c1-10-12(9-19)8-14(15(16,17)18)11(2)13(10)6-7-20(3,4)5/h8H,9,19H2,1-5H3/q-1. The topological polar surface area (TPSA) is 26.0 Å². The molecule has 0 unspecified atom stereocenters. The SMILES string of the molecule is Cc1c(CN)cc([B-](F)(F)F)c(C)c1C#C[Si](C)(C)C. The normalized spacial score (nSPS) is 12.1. The van der Waals surface area contributed by atoms with Gasteiger partial charge in [0.25, 0.3) is 0 Å². The van der Waals surface area contributed by atoms with E-state index < -0.39 is 20.5 Å². The first-order valence-electron chi connectivity index (χ1n) is 6.53. The van der Waals surface area contributed by atoms with Gasteiger partial charge in [-0.15, -0.1) is 11.0 Å². The van der Waals surface area contributed by atoms with Crippen LogP contribution in [-0.4, -0.2) is 15.1 Å². The zero-order chi connectivity index (χ0) is 15.7. The van der Waals surface area contributed by atoms with E-state index in [0.717, 1.165) is 5.56 Å². The summed E-state index contributed by atoms with van der Waals surface area (Å²) in [4.78, 5) is 0. The van der Waals surface area contributed by atoms with Crippen molar-refractivity contribution in [3.8, 4) is 11.5 Å². The molecule has 0 saturated carbocycles. The van der Waals surface area contributed by atoms with Gasteiger partial charge in [0.2, 0.25) is 0 Å². The van der Waals surface area contributed by atoms with Crippen molar-refractivity contribution in [2.24, 2.45) is 5.73 Å². The van der Waals surface area contributed by atoms with Crippen LogP contribution in [0.3, 0.4) is 0 Å². The van der Waals surface area contributed by atoms with Gasteiger partial charge in [0.05, 0.1) is 0 Å². The molecule has 0 bridgehead atoms. The van der Waals surface area contributed by atoms with Crippen LogP contribution < -0.4 is 11.2 Å². The van der Waals surface area contributed by atoms with E-state index in [1.807, 2.05) is 0 Å². The van der Waals surface area contributed by atoms with E-state index in [1.165, 1.54) is 13.0 Å². The molecule has 6 heteroatoms. The molecule has 0 aliphatic heterocycles. The zero-order valence-corrected chi connectivity index (χ0v) is 13.6. The highest BCUT2D eigenvalue weighted by Crippen LogP contribution is 2.21. The van der Waals surface area contributed by atoms with Crippen LogP contribution in [0.2, 0.25) is 19.6 Å². The third-order valence-corrected chi connectivity index (χ3v) is 4.00. The fourth-order valence-corrected chi connectivity index (χ4v) is 2.48. The monoisotopic (exact) mass is 298 g/mol. The van der Waals surface area contributed by atoms with Crippen molar-refractivity contribution in [3.63, 3.8) is 0 Å². The summed E-state index contributed by atoms with van der Waals surface area (Å²) in [6.07, 6.45) is 0. The van der Waals surface area contributed by atoms with Crippen LogP contribution in [0, 0.1) is 25.3 Å². The molecule has 1 aromatic rings. The van der Waals surface area contributed by atoms with Crippen LogP contribution in [0.15, 0.2) is 6.07 Å². The van der Waals surface area contributed by atoms with Crippen LogP contribution >= 0.6 is 0 Å². The third kappa shape index (κ3) is 3.90. The highest BCUT2D eigenvalue weighted by molar-refractivity contribution is 6.83. The minimum Gasteiger partial charge on any atom is -0.445 e. The van der Waals surface area contributed by atoms with E-state index in [0.29, 0.717) is 11.1 Å². The van der Waals surface area contributed by atoms with Gasteiger partial charge in [0.15, 0.2) is 0 Å². The van der Waals surface area contributed by atoms with Crippen LogP contribution in [0.1, 0.15) is 22.3 Å². The van der Waals surface area contributed by atoms with Crippen molar-refractivity contribution in [2.75, 3.05) is 0 Å². The van der Waals surface area contributed by atoms with E-state index >= 15 is 0 Å². The maximum Gasteiger partial charge on any atom is 0.509 e. The molecule has 0 radical (unpaired) electrons. The molecule has 20 heavy (non-hydrogen) atoms. The van der Waals surface area contributed by atoms with E-state index in [-0.39, 0.29) is 12.1 Å². The first kappa shape index (κ1) is 16.9. The van der Waals surface area contributed by atoms with Gasteiger partial charge in [-0.3, -0.25) is 0 Å². The minimum absolute atomic E-state index is 0.0902. The minimum atomic E-state index is -5.05. The summed E-state index contributed by atoms with van der Waals surface area (Å²) >= 11 is 0. The van der Waals surface area contributed by atoms with Crippen LogP contribution in [0.25, 0.3) is 0 Å². The summed E-state index contributed by atoms with van der Waals surface area (Å²) in [5.74, 6) is 2.97. The highest BCUT2D eigenvalue weighted by atomic mass is 28.3. The summed E-state index contributed by atoms with van der Waals surface area (Å²) in [5, 5.41) is 0. The Morgan fingerprint density at radius 2 is 1.70 bits per heavy atom. The van der Waals surface area contributed by atoms with Crippen molar-refractivity contribution in [3.05, 3.63) is 28.3 Å². The van der Waals surface area contributed by atoms with Crippen molar-refractivity contribution >= 4 is 20.5 Å². The quantitative estimate of drug-likeness (QED) is 0.659. The molecule has 110 valence electrons. The molecule has 0 fully saturated rings. The lowest BCUT2D eigenvalue weighted by Gasteiger charge is -2.22. The van der Waals surface area contributed by atoms with Crippen LogP contribution in [0.5, 0.6) is 0 Å². The predicted molar refractivity (Wildman–Crippen MR) is 82.7 cm³/mol. The Kier molecular flexibility index (Phi) is 4.78. The van der Waals surface area contributed by atoms with Gasteiger partial charge in [0.1, 0.15) is 8.07 Å². The molecule has 0 atom stereocenters. The molecule has 0 spiro atoms. The molecular weight excluding hydrogens is 278 g/mol. The first-order chi connectivity index (χ1) is 8.97. The largest absolute Gasteiger partial charge is 0.509 e. The average molecular weight is 298 g/mol. The number of rotatable bonds is 2. The maximum atomic E-state index is 13.1. The number of nitrogens with two attached hydrogens (primary N) is 1. The third-order valence-electron chi connectivity index (χ3n) is 3.13. The van der Waals surface area contributed by atoms with Crippen molar-refractivity contribution < 1.29 is 12.9 Å². The number of hydrogen-bond donors (Lipinski definition) is 1. The summed E-state index contributed by atoms with van der Waals surface area (Å²) in [7, 11) is -1.65. The number of halogens is 3. The van der Waals surface area contributed by atoms with Crippen molar-refractivity contribution in [2.45, 2.75) is 40.0 Å². The molecule has 0 saturated heterocycles. The van der Waals surface area contributed by atoms with Crippen molar-refractivity contribution in [1.82, 2.24) is 0 Å². The fraction of sp³-hybridized carbons (Fsp3) is 0.429. The molecule has 0 aromatic heterocycles. The summed E-state index contributed by atoms with van der Waals surface area (Å²) in [5.41, 5.74) is 10.1. The van der Waals surface area contributed by atoms with Gasteiger partial charge < -0.3 is 18.7 Å².